The fourth-order valence-corrected chi connectivity index (χ4v) is 3.00. The minimum atomic E-state index is -1.17. The predicted octanol–water partition coefficient (Wildman–Crippen LogP) is 1.88. The number of fused-ring (bicyclic) bond motifs is 2. The molecule has 2 N–H and O–H groups in total. The van der Waals surface area contributed by atoms with Gasteiger partial charge in [0, 0.05) is 28.9 Å². The number of hydrogen-bond donors (Lipinski definition) is 2. The molecule has 0 aliphatic heterocycles. The number of nitrogens with zero attached hydrogens (tertiary/aromatic N) is 2. The van der Waals surface area contributed by atoms with Crippen LogP contribution in [0.1, 0.15) is 5.56 Å². The lowest BCUT2D eigenvalue weighted by molar-refractivity contribution is -0.306. The normalized spacial score (nSPS) is 12.3. The van der Waals surface area contributed by atoms with Crippen molar-refractivity contribution in [3.8, 4) is 0 Å². The smallest absolute Gasteiger partial charge is 0.137 e. The van der Waals surface area contributed by atoms with Crippen molar-refractivity contribution in [2.24, 2.45) is 0 Å². The van der Waals surface area contributed by atoms with Crippen molar-refractivity contribution in [3.63, 3.8) is 0 Å². The number of H-pyrrole nitrogens is 1. The minimum absolute atomic E-state index is 0.282. The van der Waals surface area contributed by atoms with Crippen molar-refractivity contribution in [1.29, 1.82) is 0 Å². The SMILES string of the molecule is O=C([O-])[C@@H](Cc1c[nH]c2ccccc12)Nc1ncnc2ccccc12. The molecule has 2 aromatic carbocycles. The van der Waals surface area contributed by atoms with Gasteiger partial charge in [-0.3, -0.25) is 0 Å². The largest absolute Gasteiger partial charge is 0.548 e. The standard InChI is InChI=1S/C19H16N4O2/c24-19(25)17(9-12-10-20-15-7-3-1-5-13(12)15)23-18-14-6-2-4-8-16(14)21-11-22-18/h1-8,10-11,17,20H,9H2,(H,24,25)(H,21,22,23)/p-1/t17-/m1/s1. The predicted molar refractivity (Wildman–Crippen MR) is 94.0 cm³/mol. The second kappa shape index (κ2) is 6.24. The quantitative estimate of drug-likeness (QED) is 0.582. The Bertz CT molecular complexity index is 1050. The lowest BCUT2D eigenvalue weighted by atomic mass is 10.0. The van der Waals surface area contributed by atoms with Crippen LogP contribution in [-0.4, -0.2) is 27.0 Å². The number of carbonyl (C=O) groups is 1. The molecule has 4 rings (SSSR count). The van der Waals surface area contributed by atoms with E-state index in [1.54, 1.807) is 0 Å². The Balaban J connectivity index is 1.67. The Hall–Kier alpha value is -3.41. The molecule has 1 atom stereocenters. The van der Waals surface area contributed by atoms with Crippen molar-refractivity contribution >= 4 is 33.6 Å². The summed E-state index contributed by atoms with van der Waals surface area (Å²) in [4.78, 5) is 23.2. The van der Waals surface area contributed by atoms with Crippen molar-refractivity contribution in [2.45, 2.75) is 12.5 Å². The highest BCUT2D eigenvalue weighted by Gasteiger charge is 2.15. The summed E-state index contributed by atoms with van der Waals surface area (Å²) in [6, 6.07) is 14.3. The highest BCUT2D eigenvalue weighted by molar-refractivity contribution is 5.91. The Morgan fingerprint density at radius 3 is 2.68 bits per heavy atom. The Labute approximate surface area is 143 Å². The van der Waals surface area contributed by atoms with E-state index in [0.717, 1.165) is 27.4 Å². The molecular formula is C19H15N4O2-. The van der Waals surface area contributed by atoms with Gasteiger partial charge in [-0.25, -0.2) is 9.97 Å². The number of benzene rings is 2. The van der Waals surface area contributed by atoms with Crippen LogP contribution in [0.4, 0.5) is 5.82 Å². The molecule has 0 amide bonds. The summed E-state index contributed by atoms with van der Waals surface area (Å²) < 4.78 is 0. The lowest BCUT2D eigenvalue weighted by Crippen LogP contribution is -2.42. The summed E-state index contributed by atoms with van der Waals surface area (Å²) in [5, 5.41) is 16.4. The van der Waals surface area contributed by atoms with Gasteiger partial charge in [0.25, 0.3) is 0 Å². The average molecular weight is 331 g/mol. The van der Waals surface area contributed by atoms with E-state index in [1.807, 2.05) is 54.7 Å². The van der Waals surface area contributed by atoms with Gasteiger partial charge in [0.1, 0.15) is 12.1 Å². The highest BCUT2D eigenvalue weighted by atomic mass is 16.4. The topological polar surface area (TPSA) is 93.7 Å². The third-order valence-corrected chi connectivity index (χ3v) is 4.24. The van der Waals surface area contributed by atoms with E-state index >= 15 is 0 Å². The summed E-state index contributed by atoms with van der Waals surface area (Å²) in [5.41, 5.74) is 2.64. The second-order valence-corrected chi connectivity index (χ2v) is 5.82. The van der Waals surface area contributed by atoms with E-state index in [1.165, 1.54) is 6.33 Å². The molecule has 0 saturated carbocycles. The van der Waals surface area contributed by atoms with Crippen LogP contribution in [0.2, 0.25) is 0 Å². The second-order valence-electron chi connectivity index (χ2n) is 5.82. The summed E-state index contributed by atoms with van der Waals surface area (Å²) in [6.45, 7) is 0. The van der Waals surface area contributed by atoms with Gasteiger partial charge < -0.3 is 20.2 Å². The number of nitrogens with one attached hydrogen (secondary N) is 2. The first-order valence-electron chi connectivity index (χ1n) is 7.94. The number of aromatic amines is 1. The monoisotopic (exact) mass is 331 g/mol. The van der Waals surface area contributed by atoms with Crippen LogP contribution in [0.15, 0.2) is 61.1 Å². The minimum Gasteiger partial charge on any atom is -0.548 e. The van der Waals surface area contributed by atoms with Crippen molar-refractivity contribution < 1.29 is 9.90 Å². The third kappa shape index (κ3) is 2.89. The summed E-state index contributed by atoms with van der Waals surface area (Å²) in [6.07, 6.45) is 3.54. The molecule has 0 spiro atoms. The van der Waals surface area contributed by atoms with E-state index < -0.39 is 12.0 Å². The molecule has 0 radical (unpaired) electrons. The molecule has 2 heterocycles. The van der Waals surface area contributed by atoms with Gasteiger partial charge in [0.15, 0.2) is 0 Å². The van der Waals surface area contributed by atoms with Crippen LogP contribution in [0, 0.1) is 0 Å². The van der Waals surface area contributed by atoms with E-state index in [0.29, 0.717) is 5.82 Å². The van der Waals surface area contributed by atoms with Gasteiger partial charge in [-0.15, -0.1) is 0 Å². The average Bonchev–Trinajstić information content (AvgIpc) is 3.04. The molecule has 25 heavy (non-hydrogen) atoms. The van der Waals surface area contributed by atoms with Crippen LogP contribution >= 0.6 is 0 Å². The molecule has 124 valence electrons. The first-order valence-corrected chi connectivity index (χ1v) is 7.94. The molecule has 0 bridgehead atoms. The maximum atomic E-state index is 11.7. The molecular weight excluding hydrogens is 316 g/mol. The number of para-hydroxylation sites is 2. The Morgan fingerprint density at radius 2 is 1.84 bits per heavy atom. The number of rotatable bonds is 5. The van der Waals surface area contributed by atoms with E-state index in [9.17, 15) is 9.90 Å². The van der Waals surface area contributed by atoms with Crippen LogP contribution in [0.3, 0.4) is 0 Å². The zero-order valence-electron chi connectivity index (χ0n) is 13.3. The fraction of sp³-hybridized carbons (Fsp3) is 0.105. The van der Waals surface area contributed by atoms with Crippen molar-refractivity contribution in [3.05, 3.63) is 66.6 Å². The number of aliphatic carboxylic acids is 1. The number of anilines is 1. The lowest BCUT2D eigenvalue weighted by Gasteiger charge is -2.20. The molecule has 0 saturated heterocycles. The number of carboxylic acid groups (broad SMARTS) is 1. The van der Waals surface area contributed by atoms with Gasteiger partial charge in [-0.05, 0) is 23.8 Å². The van der Waals surface area contributed by atoms with Crippen LogP contribution in [0.25, 0.3) is 21.8 Å². The van der Waals surface area contributed by atoms with Gasteiger partial charge in [0.05, 0.1) is 17.5 Å². The van der Waals surface area contributed by atoms with Crippen LogP contribution in [0.5, 0.6) is 0 Å². The van der Waals surface area contributed by atoms with E-state index in [-0.39, 0.29) is 6.42 Å². The van der Waals surface area contributed by atoms with Crippen molar-refractivity contribution in [1.82, 2.24) is 15.0 Å². The number of aromatic nitrogens is 3. The van der Waals surface area contributed by atoms with Gasteiger partial charge >= 0.3 is 0 Å². The number of carbonyl (C=O) groups excluding carboxylic acids is 1. The van der Waals surface area contributed by atoms with Crippen molar-refractivity contribution in [2.75, 3.05) is 5.32 Å². The summed E-state index contributed by atoms with van der Waals surface area (Å²) in [7, 11) is 0. The summed E-state index contributed by atoms with van der Waals surface area (Å²) >= 11 is 0. The van der Waals surface area contributed by atoms with Gasteiger partial charge in [0.2, 0.25) is 0 Å². The van der Waals surface area contributed by atoms with E-state index in [2.05, 4.69) is 20.3 Å². The van der Waals surface area contributed by atoms with Gasteiger partial charge in [-0.1, -0.05) is 30.3 Å². The first kappa shape index (κ1) is 15.1. The molecule has 0 fully saturated rings. The van der Waals surface area contributed by atoms with Crippen LogP contribution in [-0.2, 0) is 11.2 Å². The summed E-state index contributed by atoms with van der Waals surface area (Å²) in [5.74, 6) is -0.687. The number of hydrogen-bond acceptors (Lipinski definition) is 5. The zero-order valence-corrected chi connectivity index (χ0v) is 13.3. The maximum absolute atomic E-state index is 11.7. The zero-order chi connectivity index (χ0) is 17.2. The fourth-order valence-electron chi connectivity index (χ4n) is 3.00. The molecule has 2 aromatic heterocycles. The maximum Gasteiger partial charge on any atom is 0.137 e. The Morgan fingerprint density at radius 1 is 1.08 bits per heavy atom. The van der Waals surface area contributed by atoms with Gasteiger partial charge in [-0.2, -0.15) is 0 Å². The number of carboxylic acids is 1. The molecule has 6 heteroatoms. The van der Waals surface area contributed by atoms with Crippen LogP contribution < -0.4 is 10.4 Å². The molecule has 4 aromatic rings. The Kier molecular flexibility index (Phi) is 3.78. The highest BCUT2D eigenvalue weighted by Crippen LogP contribution is 2.22. The third-order valence-electron chi connectivity index (χ3n) is 4.24. The van der Waals surface area contributed by atoms with E-state index in [4.69, 9.17) is 0 Å². The molecule has 6 nitrogen and oxygen atoms in total. The molecule has 0 aliphatic carbocycles. The molecule has 0 unspecified atom stereocenters. The molecule has 0 aliphatic rings. The first-order chi connectivity index (χ1) is 12.2.